The fourth-order valence-electron chi connectivity index (χ4n) is 2.88. The van der Waals surface area contributed by atoms with Crippen LogP contribution in [0.2, 0.25) is 0 Å². The van der Waals surface area contributed by atoms with Crippen LogP contribution < -0.4 is 10.1 Å². The molecule has 2 aromatic carbocycles. The number of nitrogens with zero attached hydrogens (tertiary/aromatic N) is 1. The van der Waals surface area contributed by atoms with Crippen molar-refractivity contribution in [2.75, 3.05) is 0 Å². The van der Waals surface area contributed by atoms with Crippen molar-refractivity contribution in [2.24, 2.45) is 0 Å². The molecule has 0 aromatic heterocycles. The molecule has 0 aliphatic carbocycles. The molecular weight excluding hydrogens is 367 g/mol. The van der Waals surface area contributed by atoms with E-state index >= 15 is 0 Å². The average Bonchev–Trinajstić information content (AvgIpc) is 3.03. The molecule has 8 heteroatoms. The second-order valence-corrected chi connectivity index (χ2v) is 6.27. The number of carbonyl (C=O) groups excluding carboxylic acids is 3. The predicted octanol–water partition coefficient (Wildman–Crippen LogP) is 1.73. The van der Waals surface area contributed by atoms with E-state index in [0.717, 1.165) is 4.90 Å². The molecule has 0 saturated carbocycles. The molecule has 1 aliphatic rings. The highest BCUT2D eigenvalue weighted by Gasteiger charge is 2.37. The van der Waals surface area contributed by atoms with Crippen molar-refractivity contribution in [1.82, 2.24) is 10.2 Å². The Hall–Kier alpha value is -3.26. The Bertz CT molecular complexity index is 931. The summed E-state index contributed by atoms with van der Waals surface area (Å²) < 4.78 is 19.0. The van der Waals surface area contributed by atoms with Gasteiger partial charge in [0, 0.05) is 17.5 Å². The van der Waals surface area contributed by atoms with Gasteiger partial charge in [-0.05, 0) is 29.8 Å². The van der Waals surface area contributed by atoms with Crippen LogP contribution >= 0.6 is 0 Å². The van der Waals surface area contributed by atoms with E-state index in [-0.39, 0.29) is 25.4 Å². The van der Waals surface area contributed by atoms with Gasteiger partial charge in [0.15, 0.2) is 0 Å². The highest BCUT2D eigenvalue weighted by molar-refractivity contribution is 6.03. The molecule has 3 rings (SSSR count). The number of imide groups is 1. The highest BCUT2D eigenvalue weighted by Crippen LogP contribution is 2.32. The molecule has 7 nitrogen and oxygen atoms in total. The van der Waals surface area contributed by atoms with E-state index in [9.17, 15) is 23.9 Å². The molecule has 0 bridgehead atoms. The molecule has 1 aliphatic heterocycles. The van der Waals surface area contributed by atoms with Gasteiger partial charge in [0.05, 0.1) is 6.54 Å². The van der Waals surface area contributed by atoms with E-state index < -0.39 is 23.9 Å². The predicted molar refractivity (Wildman–Crippen MR) is 96.5 cm³/mol. The molecular formula is C20H19FN2O5. The second-order valence-electron chi connectivity index (χ2n) is 6.27. The molecule has 0 radical (unpaired) electrons. The zero-order chi connectivity index (χ0) is 20.3. The number of ether oxygens (including phenoxy) is 1. The maximum absolute atomic E-state index is 13.3. The fourth-order valence-corrected chi connectivity index (χ4v) is 2.88. The van der Waals surface area contributed by atoms with Gasteiger partial charge in [-0.25, -0.2) is 4.39 Å². The monoisotopic (exact) mass is 386 g/mol. The lowest BCUT2D eigenvalue weighted by Crippen LogP contribution is -2.48. The fraction of sp³-hybridized carbons (Fsp3) is 0.250. The Balaban J connectivity index is 1.75. The Morgan fingerprint density at radius 3 is 2.75 bits per heavy atom. The SMILES string of the molecule is CCC(=O)NC(=O)C(O)N1Cc2c(OCc3cccc(F)c3)cccc2C1=O. The summed E-state index contributed by atoms with van der Waals surface area (Å²) in [6, 6.07) is 10.8. The summed E-state index contributed by atoms with van der Waals surface area (Å²) in [4.78, 5) is 36.8. The van der Waals surface area contributed by atoms with Gasteiger partial charge in [-0.2, -0.15) is 0 Å². The Labute approximate surface area is 160 Å². The first-order valence-electron chi connectivity index (χ1n) is 8.72. The second kappa shape index (κ2) is 8.18. The van der Waals surface area contributed by atoms with Gasteiger partial charge in [0.25, 0.3) is 11.8 Å². The van der Waals surface area contributed by atoms with Crippen molar-refractivity contribution >= 4 is 17.7 Å². The Morgan fingerprint density at radius 2 is 2.04 bits per heavy atom. The molecule has 3 amide bonds. The van der Waals surface area contributed by atoms with Gasteiger partial charge < -0.3 is 14.7 Å². The van der Waals surface area contributed by atoms with E-state index in [2.05, 4.69) is 0 Å². The molecule has 0 fully saturated rings. The molecule has 146 valence electrons. The molecule has 1 atom stereocenters. The number of rotatable bonds is 6. The maximum Gasteiger partial charge on any atom is 0.276 e. The first kappa shape index (κ1) is 19.5. The largest absolute Gasteiger partial charge is 0.489 e. The number of hydrogen-bond acceptors (Lipinski definition) is 5. The Kier molecular flexibility index (Phi) is 5.70. The van der Waals surface area contributed by atoms with Gasteiger partial charge in [0.2, 0.25) is 12.1 Å². The molecule has 0 saturated heterocycles. The topological polar surface area (TPSA) is 95.9 Å². The van der Waals surface area contributed by atoms with Crippen LogP contribution in [0.4, 0.5) is 4.39 Å². The molecule has 28 heavy (non-hydrogen) atoms. The summed E-state index contributed by atoms with van der Waals surface area (Å²) in [5, 5.41) is 12.2. The van der Waals surface area contributed by atoms with E-state index in [1.165, 1.54) is 12.1 Å². The van der Waals surface area contributed by atoms with Gasteiger partial charge in [-0.1, -0.05) is 25.1 Å². The summed E-state index contributed by atoms with van der Waals surface area (Å²) >= 11 is 0. The van der Waals surface area contributed by atoms with Crippen LogP contribution in [-0.4, -0.2) is 34.0 Å². The first-order chi connectivity index (χ1) is 13.4. The van der Waals surface area contributed by atoms with E-state index in [4.69, 9.17) is 4.74 Å². The number of fused-ring (bicyclic) bond motifs is 1. The zero-order valence-corrected chi connectivity index (χ0v) is 15.1. The third-order valence-corrected chi connectivity index (χ3v) is 4.35. The third kappa shape index (κ3) is 4.01. The summed E-state index contributed by atoms with van der Waals surface area (Å²) in [6.07, 6.45) is -1.73. The minimum absolute atomic E-state index is 0.0532. The van der Waals surface area contributed by atoms with Crippen molar-refractivity contribution < 1.29 is 28.6 Å². The Morgan fingerprint density at radius 1 is 1.29 bits per heavy atom. The van der Waals surface area contributed by atoms with E-state index in [1.54, 1.807) is 37.3 Å². The van der Waals surface area contributed by atoms with E-state index in [1.807, 2.05) is 5.32 Å². The summed E-state index contributed by atoms with van der Waals surface area (Å²) in [5.41, 5.74) is 1.43. The van der Waals surface area contributed by atoms with Crippen molar-refractivity contribution in [3.63, 3.8) is 0 Å². The minimum atomic E-state index is -1.80. The lowest BCUT2D eigenvalue weighted by Gasteiger charge is -2.21. The number of benzene rings is 2. The first-order valence-corrected chi connectivity index (χ1v) is 8.72. The summed E-state index contributed by atoms with van der Waals surface area (Å²) in [6.45, 7) is 1.60. The van der Waals surface area contributed by atoms with Crippen LogP contribution in [0.1, 0.15) is 34.8 Å². The summed E-state index contributed by atoms with van der Waals surface area (Å²) in [5.74, 6) is -2.04. The summed E-state index contributed by atoms with van der Waals surface area (Å²) in [7, 11) is 0. The third-order valence-electron chi connectivity index (χ3n) is 4.35. The number of aliphatic hydroxyl groups is 1. The number of nitrogens with one attached hydrogen (secondary N) is 1. The van der Waals surface area contributed by atoms with Crippen LogP contribution in [0.15, 0.2) is 42.5 Å². The number of carbonyl (C=O) groups is 3. The lowest BCUT2D eigenvalue weighted by atomic mass is 10.1. The van der Waals surface area contributed by atoms with Crippen LogP contribution in [0, 0.1) is 5.82 Å². The molecule has 2 aromatic rings. The number of hydrogen-bond donors (Lipinski definition) is 2. The smallest absolute Gasteiger partial charge is 0.276 e. The number of amides is 3. The van der Waals surface area contributed by atoms with Crippen LogP contribution in [-0.2, 0) is 22.7 Å². The maximum atomic E-state index is 13.3. The number of halogens is 1. The highest BCUT2D eigenvalue weighted by atomic mass is 19.1. The van der Waals surface area contributed by atoms with Crippen molar-refractivity contribution in [3.05, 3.63) is 65.0 Å². The van der Waals surface area contributed by atoms with E-state index in [0.29, 0.717) is 22.4 Å². The van der Waals surface area contributed by atoms with Gasteiger partial charge in [-0.3, -0.25) is 19.7 Å². The molecule has 0 spiro atoms. The average molecular weight is 386 g/mol. The quantitative estimate of drug-likeness (QED) is 0.788. The van der Waals surface area contributed by atoms with Crippen molar-refractivity contribution in [1.29, 1.82) is 0 Å². The van der Waals surface area contributed by atoms with Crippen LogP contribution in [0.25, 0.3) is 0 Å². The minimum Gasteiger partial charge on any atom is -0.489 e. The van der Waals surface area contributed by atoms with Gasteiger partial charge in [0.1, 0.15) is 18.2 Å². The standard InChI is InChI=1S/C20H19FN2O5/c1-2-17(24)22-18(25)20(27)23-10-15-14(19(23)26)7-4-8-16(15)28-11-12-5-3-6-13(21)9-12/h3-9,20,27H,2,10-11H2,1H3,(H,22,24,25). The molecule has 1 unspecified atom stereocenters. The zero-order valence-electron chi connectivity index (χ0n) is 15.1. The van der Waals surface area contributed by atoms with Crippen molar-refractivity contribution in [3.8, 4) is 5.75 Å². The lowest BCUT2D eigenvalue weighted by molar-refractivity contribution is -0.141. The van der Waals surface area contributed by atoms with Crippen molar-refractivity contribution in [2.45, 2.75) is 32.7 Å². The van der Waals surface area contributed by atoms with Crippen LogP contribution in [0.5, 0.6) is 5.75 Å². The molecule has 1 heterocycles. The van der Waals surface area contributed by atoms with Gasteiger partial charge in [-0.15, -0.1) is 0 Å². The molecule has 2 N–H and O–H groups in total. The number of aliphatic hydroxyl groups excluding tert-OH is 1. The van der Waals surface area contributed by atoms with Gasteiger partial charge >= 0.3 is 0 Å². The normalized spacial score (nSPS) is 13.8. The van der Waals surface area contributed by atoms with Crippen LogP contribution in [0.3, 0.4) is 0 Å².